The van der Waals surface area contributed by atoms with Gasteiger partial charge in [-0.1, -0.05) is 13.5 Å². The van der Waals surface area contributed by atoms with E-state index in [1.54, 1.807) is 0 Å². The smallest absolute Gasteiger partial charge is 0.463 e. The maximum atomic E-state index is 12.7. The fraction of sp³-hybridized carbons (Fsp3) is 0.342. The fourth-order valence-electron chi connectivity index (χ4n) is 5.34. The van der Waals surface area contributed by atoms with Gasteiger partial charge in [-0.25, -0.2) is 24.0 Å². The van der Waals surface area contributed by atoms with E-state index in [1.165, 1.54) is 72.8 Å². The summed E-state index contributed by atoms with van der Waals surface area (Å²) in [5, 5.41) is 0. The Morgan fingerprint density at radius 2 is 1.10 bits per heavy atom. The Labute approximate surface area is 294 Å². The molecule has 13 heteroatoms. The van der Waals surface area contributed by atoms with Crippen molar-refractivity contribution in [3.63, 3.8) is 0 Å². The van der Waals surface area contributed by atoms with Crippen molar-refractivity contribution in [2.45, 2.75) is 50.9 Å². The summed E-state index contributed by atoms with van der Waals surface area (Å²) in [4.78, 5) is 60.9. The fourth-order valence-corrected chi connectivity index (χ4v) is 5.34. The van der Waals surface area contributed by atoms with Gasteiger partial charge in [0.25, 0.3) is 0 Å². The van der Waals surface area contributed by atoms with Crippen molar-refractivity contribution < 1.29 is 61.9 Å². The number of esters is 4. The van der Waals surface area contributed by atoms with Crippen molar-refractivity contribution in [2.24, 2.45) is 5.92 Å². The van der Waals surface area contributed by atoms with Gasteiger partial charge in [0.1, 0.15) is 23.4 Å². The molecule has 0 radical (unpaired) electrons. The Morgan fingerprint density at radius 1 is 0.627 bits per heavy atom. The summed E-state index contributed by atoms with van der Waals surface area (Å²) in [5.41, 5.74) is 0.703. The summed E-state index contributed by atoms with van der Waals surface area (Å²) in [6.07, 6.45) is 2.33. The molecule has 13 nitrogen and oxygen atoms in total. The highest BCUT2D eigenvalue weighted by atomic mass is 16.7. The molecule has 2 fully saturated rings. The normalized spacial score (nSPS) is 18.9. The van der Waals surface area contributed by atoms with E-state index in [9.17, 15) is 24.0 Å². The van der Waals surface area contributed by atoms with E-state index < -0.39 is 36.1 Å². The van der Waals surface area contributed by atoms with Crippen LogP contribution < -0.4 is 14.2 Å². The molecule has 51 heavy (non-hydrogen) atoms. The van der Waals surface area contributed by atoms with Crippen molar-refractivity contribution in [3.05, 3.63) is 102 Å². The summed E-state index contributed by atoms with van der Waals surface area (Å²) >= 11 is 0. The first-order valence-corrected chi connectivity index (χ1v) is 16.5. The molecule has 0 amide bonds. The molecule has 5 rings (SSSR count). The number of rotatable bonds is 15. The van der Waals surface area contributed by atoms with Crippen molar-refractivity contribution >= 4 is 30.0 Å². The quantitative estimate of drug-likeness (QED) is 0.0461. The van der Waals surface area contributed by atoms with E-state index >= 15 is 0 Å². The third-order valence-corrected chi connectivity index (χ3v) is 8.08. The second-order valence-corrected chi connectivity index (χ2v) is 11.9. The molecule has 0 spiro atoms. The second kappa shape index (κ2) is 17.9. The van der Waals surface area contributed by atoms with Gasteiger partial charge in [-0.15, -0.1) is 0 Å². The Kier molecular flexibility index (Phi) is 12.9. The van der Waals surface area contributed by atoms with Crippen LogP contribution in [0.4, 0.5) is 4.79 Å². The highest BCUT2D eigenvalue weighted by Crippen LogP contribution is 2.32. The highest BCUT2D eigenvalue weighted by Gasteiger charge is 2.47. The van der Waals surface area contributed by atoms with Crippen molar-refractivity contribution in [3.8, 4) is 17.2 Å². The molecule has 3 aromatic rings. The van der Waals surface area contributed by atoms with Gasteiger partial charge in [0.15, 0.2) is 6.10 Å². The number of hydrogen-bond acceptors (Lipinski definition) is 13. The molecule has 3 aromatic carbocycles. The van der Waals surface area contributed by atoms with Crippen LogP contribution in [0.3, 0.4) is 0 Å². The van der Waals surface area contributed by atoms with Gasteiger partial charge in [0.2, 0.25) is 0 Å². The molecule has 2 unspecified atom stereocenters. The number of fused-ring (bicyclic) bond motifs is 1. The highest BCUT2D eigenvalue weighted by molar-refractivity contribution is 5.93. The van der Waals surface area contributed by atoms with Gasteiger partial charge in [-0.2, -0.15) is 0 Å². The molecule has 268 valence electrons. The van der Waals surface area contributed by atoms with Crippen LogP contribution >= 0.6 is 0 Å². The summed E-state index contributed by atoms with van der Waals surface area (Å²) in [5.74, 6) is -1.45. The zero-order valence-electron chi connectivity index (χ0n) is 28.0. The molecule has 0 aliphatic carbocycles. The molecule has 4 atom stereocenters. The lowest BCUT2D eigenvalue weighted by Crippen LogP contribution is -2.32. The average Bonchev–Trinajstić information content (AvgIpc) is 3.72. The monoisotopic (exact) mass is 702 g/mol. The third-order valence-electron chi connectivity index (χ3n) is 8.08. The van der Waals surface area contributed by atoms with E-state index in [2.05, 4.69) is 6.58 Å². The zero-order valence-corrected chi connectivity index (χ0v) is 28.0. The topological polar surface area (TPSA) is 159 Å². The largest absolute Gasteiger partial charge is 0.513 e. The summed E-state index contributed by atoms with van der Waals surface area (Å²) < 4.78 is 42.9. The number of benzene rings is 3. The van der Waals surface area contributed by atoms with Crippen LogP contribution in [0, 0.1) is 5.92 Å². The number of carbonyl (C=O) groups is 5. The van der Waals surface area contributed by atoms with Crippen LogP contribution in [0.15, 0.2) is 85.5 Å². The van der Waals surface area contributed by atoms with E-state index in [-0.39, 0.29) is 59.7 Å². The Hall–Kier alpha value is -5.53. The zero-order chi connectivity index (χ0) is 36.2. The van der Waals surface area contributed by atoms with Crippen molar-refractivity contribution in [1.29, 1.82) is 0 Å². The van der Waals surface area contributed by atoms with Gasteiger partial charge in [0, 0.05) is 12.0 Å². The molecule has 0 N–H and O–H groups in total. The minimum atomic E-state index is -0.872. The summed E-state index contributed by atoms with van der Waals surface area (Å²) in [6, 6.07) is 17.5. The Balaban J connectivity index is 1.00. The number of ether oxygens (including phenoxy) is 8. The van der Waals surface area contributed by atoms with Gasteiger partial charge < -0.3 is 37.9 Å². The predicted octanol–water partition coefficient (Wildman–Crippen LogP) is 5.89. The van der Waals surface area contributed by atoms with Crippen molar-refractivity contribution in [1.82, 2.24) is 0 Å². The van der Waals surface area contributed by atoms with Crippen LogP contribution in [0.5, 0.6) is 17.2 Å². The number of unbranched alkanes of at least 4 members (excludes halogenated alkanes) is 3. The minimum Gasteiger partial charge on any atom is -0.463 e. The van der Waals surface area contributed by atoms with Gasteiger partial charge in [-0.3, -0.25) is 0 Å². The van der Waals surface area contributed by atoms with Crippen LogP contribution in [-0.2, 0) is 28.5 Å². The van der Waals surface area contributed by atoms with E-state index in [0.29, 0.717) is 31.6 Å². The van der Waals surface area contributed by atoms with Gasteiger partial charge in [0.05, 0.1) is 49.2 Å². The molecule has 0 bridgehead atoms. The number of hydrogen-bond donors (Lipinski definition) is 0. The van der Waals surface area contributed by atoms with Crippen molar-refractivity contribution in [2.75, 3.05) is 26.4 Å². The lowest BCUT2D eigenvalue weighted by Gasteiger charge is -2.16. The molecule has 2 aliphatic rings. The molecular weight excluding hydrogens is 664 g/mol. The molecular formula is C38H38O13. The summed E-state index contributed by atoms with van der Waals surface area (Å²) in [7, 11) is 0. The Morgan fingerprint density at radius 3 is 1.63 bits per heavy atom. The number of carbonyl (C=O) groups excluding carboxylic acids is 5. The first-order chi connectivity index (χ1) is 24.7. The van der Waals surface area contributed by atoms with Crippen LogP contribution in [0.25, 0.3) is 0 Å². The first-order valence-electron chi connectivity index (χ1n) is 16.5. The van der Waals surface area contributed by atoms with Crippen LogP contribution in [0.2, 0.25) is 0 Å². The van der Waals surface area contributed by atoms with Crippen LogP contribution in [-0.4, -0.2) is 74.8 Å². The van der Waals surface area contributed by atoms with E-state index in [1.807, 2.05) is 6.92 Å². The van der Waals surface area contributed by atoms with Gasteiger partial charge >= 0.3 is 30.0 Å². The first kappa shape index (κ1) is 36.7. The maximum Gasteiger partial charge on any atom is 0.513 e. The minimum absolute atomic E-state index is 0.0758. The molecule has 2 aliphatic heterocycles. The molecule has 0 aromatic heterocycles. The van der Waals surface area contributed by atoms with Gasteiger partial charge in [-0.05, 0) is 98.5 Å². The molecule has 2 saturated heterocycles. The maximum absolute atomic E-state index is 12.7. The second-order valence-electron chi connectivity index (χ2n) is 11.9. The third kappa shape index (κ3) is 10.5. The van der Waals surface area contributed by atoms with E-state index in [4.69, 9.17) is 37.9 Å². The Bertz CT molecular complexity index is 1680. The lowest BCUT2D eigenvalue weighted by molar-refractivity contribution is -0.137. The van der Waals surface area contributed by atoms with Crippen LogP contribution in [0.1, 0.15) is 63.7 Å². The van der Waals surface area contributed by atoms with E-state index in [0.717, 1.165) is 18.9 Å². The SMILES string of the molecule is C=CC(=O)OCCCCCCOC(=O)Oc1ccc(C(=O)Oc2ccc(C(=O)Oc3ccc(C(=O)O[C@@H]4COC5C4OC[C@@H]5C)cc3)cc2)cc1. The molecule has 0 saturated carbocycles. The standard InChI is InChI=1S/C38H38O13/c1-3-32(39)44-20-6-4-5-7-21-45-38(43)50-30-18-12-26(13-19-30)36(41)48-28-14-8-25(9-15-28)35(40)49-29-16-10-27(11-17-29)37(42)51-31-23-47-33-24(2)22-46-34(31)33/h3,8-19,24,31,33-34H,1,4-7,20-23H2,2H3/t24-,31+,33?,34?/m0/s1. The lowest BCUT2D eigenvalue weighted by atomic mass is 10.0. The summed E-state index contributed by atoms with van der Waals surface area (Å²) in [6.45, 7) is 6.69. The molecule has 2 heterocycles. The average molecular weight is 703 g/mol. The predicted molar refractivity (Wildman–Crippen MR) is 179 cm³/mol.